The molecule has 2 rings (SSSR count). The molecular formula is C29H42N2O2. The van der Waals surface area contributed by atoms with Crippen LogP contribution in [0.15, 0.2) is 48.5 Å². The number of amides is 2. The number of unbranched alkanes of at least 4 members (excludes halogenated alkanes) is 1. The van der Waals surface area contributed by atoms with Crippen LogP contribution in [0.1, 0.15) is 82.6 Å². The van der Waals surface area contributed by atoms with Crippen LogP contribution >= 0.6 is 0 Å². The van der Waals surface area contributed by atoms with E-state index in [0.29, 0.717) is 32.4 Å². The van der Waals surface area contributed by atoms with E-state index in [4.69, 9.17) is 0 Å². The average molecular weight is 451 g/mol. The molecule has 0 saturated heterocycles. The average Bonchev–Trinajstić information content (AvgIpc) is 2.78. The second kappa shape index (κ2) is 12.6. The Morgan fingerprint density at radius 3 is 2.24 bits per heavy atom. The molecule has 2 aromatic rings. The Balaban J connectivity index is 2.17. The van der Waals surface area contributed by atoms with E-state index in [1.54, 1.807) is 4.90 Å². The molecule has 0 radical (unpaired) electrons. The Labute approximate surface area is 200 Å². The number of hydrogen-bond acceptors (Lipinski definition) is 2. The van der Waals surface area contributed by atoms with Crippen molar-refractivity contribution in [3.63, 3.8) is 0 Å². The van der Waals surface area contributed by atoms with Crippen molar-refractivity contribution in [2.24, 2.45) is 0 Å². The summed E-state index contributed by atoms with van der Waals surface area (Å²) >= 11 is 0. The van der Waals surface area contributed by atoms with Gasteiger partial charge in [-0.3, -0.25) is 9.59 Å². The van der Waals surface area contributed by atoms with E-state index < -0.39 is 6.04 Å². The number of nitrogens with one attached hydrogen (secondary N) is 1. The van der Waals surface area contributed by atoms with E-state index in [0.717, 1.165) is 29.5 Å². The smallest absolute Gasteiger partial charge is 0.242 e. The van der Waals surface area contributed by atoms with Crippen molar-refractivity contribution >= 4 is 11.8 Å². The summed E-state index contributed by atoms with van der Waals surface area (Å²) in [6.45, 7) is 13.8. The van der Waals surface area contributed by atoms with Crippen LogP contribution in [-0.2, 0) is 28.0 Å². The number of rotatable bonds is 11. The van der Waals surface area contributed by atoms with Crippen LogP contribution in [0.25, 0.3) is 0 Å². The van der Waals surface area contributed by atoms with Crippen LogP contribution in [0.5, 0.6) is 0 Å². The lowest BCUT2D eigenvalue weighted by Crippen LogP contribution is -2.49. The summed E-state index contributed by atoms with van der Waals surface area (Å²) < 4.78 is 0. The maximum atomic E-state index is 13.4. The lowest BCUT2D eigenvalue weighted by Gasteiger charge is -2.31. The monoisotopic (exact) mass is 450 g/mol. The zero-order chi connectivity index (χ0) is 24.4. The van der Waals surface area contributed by atoms with Gasteiger partial charge in [0.05, 0.1) is 0 Å². The third-order valence-corrected chi connectivity index (χ3v) is 6.26. The van der Waals surface area contributed by atoms with Crippen molar-refractivity contribution in [2.45, 2.75) is 91.6 Å². The second-order valence-electron chi connectivity index (χ2n) is 9.96. The first-order chi connectivity index (χ1) is 15.7. The molecule has 2 amide bonds. The van der Waals surface area contributed by atoms with Gasteiger partial charge < -0.3 is 10.2 Å². The summed E-state index contributed by atoms with van der Waals surface area (Å²) in [7, 11) is 0. The van der Waals surface area contributed by atoms with Gasteiger partial charge in [-0.2, -0.15) is 0 Å². The summed E-state index contributed by atoms with van der Waals surface area (Å²) in [5.74, 6) is -0.0296. The minimum atomic E-state index is -0.461. The molecule has 1 N–H and O–H groups in total. The molecule has 2 aromatic carbocycles. The molecule has 180 valence electrons. The quantitative estimate of drug-likeness (QED) is 0.430. The van der Waals surface area contributed by atoms with Gasteiger partial charge >= 0.3 is 0 Å². The van der Waals surface area contributed by atoms with Crippen molar-refractivity contribution in [2.75, 3.05) is 6.54 Å². The molecule has 0 fully saturated rings. The summed E-state index contributed by atoms with van der Waals surface area (Å²) in [5, 5.41) is 3.03. The molecule has 4 heteroatoms. The van der Waals surface area contributed by atoms with Gasteiger partial charge in [0.2, 0.25) is 11.8 Å². The summed E-state index contributed by atoms with van der Waals surface area (Å²) in [6.07, 6.45) is 3.62. The van der Waals surface area contributed by atoms with Crippen molar-refractivity contribution < 1.29 is 9.59 Å². The first-order valence-electron chi connectivity index (χ1n) is 12.4. The van der Waals surface area contributed by atoms with Crippen LogP contribution in [0.3, 0.4) is 0 Å². The van der Waals surface area contributed by atoms with Crippen LogP contribution in [-0.4, -0.2) is 29.3 Å². The van der Waals surface area contributed by atoms with Gasteiger partial charge in [-0.1, -0.05) is 89.6 Å². The molecule has 33 heavy (non-hydrogen) atoms. The summed E-state index contributed by atoms with van der Waals surface area (Å²) in [6, 6.07) is 16.2. The summed E-state index contributed by atoms with van der Waals surface area (Å²) in [4.78, 5) is 28.2. The van der Waals surface area contributed by atoms with Crippen LogP contribution in [0.4, 0.5) is 0 Å². The zero-order valence-electron chi connectivity index (χ0n) is 21.4. The van der Waals surface area contributed by atoms with Crippen LogP contribution < -0.4 is 5.32 Å². The van der Waals surface area contributed by atoms with Crippen molar-refractivity contribution in [3.8, 4) is 0 Å². The minimum absolute atomic E-state index is 0.0237. The van der Waals surface area contributed by atoms with Gasteiger partial charge in [0.1, 0.15) is 6.04 Å². The van der Waals surface area contributed by atoms with Crippen molar-refractivity contribution in [1.82, 2.24) is 10.2 Å². The molecule has 4 nitrogen and oxygen atoms in total. The normalized spacial score (nSPS) is 12.3. The topological polar surface area (TPSA) is 49.4 Å². The number of benzene rings is 2. The fourth-order valence-corrected chi connectivity index (χ4v) is 3.96. The highest BCUT2D eigenvalue weighted by Gasteiger charge is 2.28. The molecular weight excluding hydrogens is 408 g/mol. The lowest BCUT2D eigenvalue weighted by molar-refractivity contribution is -0.141. The number of aryl methyl sites for hydroxylation is 2. The molecule has 0 heterocycles. The van der Waals surface area contributed by atoms with Crippen LogP contribution in [0.2, 0.25) is 0 Å². The standard InChI is InChI=1S/C29H42N2O2/c1-7-9-20-30-28(33)26(8-2)31(21-24-13-11-10-12-22(24)3)27(32)19-16-23-14-17-25(18-15-23)29(4,5)6/h10-15,17-18,26H,7-9,16,19-21H2,1-6H3,(H,30,33)/t26-/m1/s1. The van der Waals surface area contributed by atoms with Crippen LogP contribution in [0, 0.1) is 6.92 Å². The van der Waals surface area contributed by atoms with Gasteiger partial charge in [-0.25, -0.2) is 0 Å². The maximum Gasteiger partial charge on any atom is 0.242 e. The predicted octanol–water partition coefficient (Wildman–Crippen LogP) is 5.95. The number of carbonyl (C=O) groups excluding carboxylic acids is 2. The molecule has 0 bridgehead atoms. The second-order valence-corrected chi connectivity index (χ2v) is 9.96. The van der Waals surface area contributed by atoms with Gasteiger partial charge in [0.25, 0.3) is 0 Å². The third-order valence-electron chi connectivity index (χ3n) is 6.26. The fourth-order valence-electron chi connectivity index (χ4n) is 3.96. The molecule has 0 aromatic heterocycles. The molecule has 0 aliphatic carbocycles. The number of nitrogens with zero attached hydrogens (tertiary/aromatic N) is 1. The van der Waals surface area contributed by atoms with Gasteiger partial charge in [0, 0.05) is 19.5 Å². The highest BCUT2D eigenvalue weighted by molar-refractivity contribution is 5.87. The van der Waals surface area contributed by atoms with Gasteiger partial charge in [-0.15, -0.1) is 0 Å². The number of hydrogen-bond donors (Lipinski definition) is 1. The van der Waals surface area contributed by atoms with E-state index in [1.165, 1.54) is 5.56 Å². The highest BCUT2D eigenvalue weighted by atomic mass is 16.2. The van der Waals surface area contributed by atoms with Gasteiger partial charge in [-0.05, 0) is 53.9 Å². The first-order valence-corrected chi connectivity index (χ1v) is 12.4. The fraction of sp³-hybridized carbons (Fsp3) is 0.517. The largest absolute Gasteiger partial charge is 0.354 e. The molecule has 0 unspecified atom stereocenters. The third kappa shape index (κ3) is 8.03. The van der Waals surface area contributed by atoms with E-state index in [9.17, 15) is 9.59 Å². The van der Waals surface area contributed by atoms with E-state index in [1.807, 2.05) is 25.1 Å². The first kappa shape index (κ1) is 26.6. The molecule has 0 saturated carbocycles. The Kier molecular flexibility index (Phi) is 10.1. The lowest BCUT2D eigenvalue weighted by atomic mass is 9.86. The Morgan fingerprint density at radius 1 is 1.00 bits per heavy atom. The van der Waals surface area contributed by atoms with E-state index in [-0.39, 0.29) is 17.2 Å². The SMILES string of the molecule is CCCCNC(=O)[C@@H](CC)N(Cc1ccccc1C)C(=O)CCc1ccc(C(C)(C)C)cc1. The molecule has 0 aliphatic rings. The maximum absolute atomic E-state index is 13.4. The number of carbonyl (C=O) groups is 2. The zero-order valence-corrected chi connectivity index (χ0v) is 21.4. The van der Waals surface area contributed by atoms with E-state index >= 15 is 0 Å². The van der Waals surface area contributed by atoms with E-state index in [2.05, 4.69) is 70.3 Å². The van der Waals surface area contributed by atoms with Gasteiger partial charge in [0.15, 0.2) is 0 Å². The minimum Gasteiger partial charge on any atom is -0.354 e. The Morgan fingerprint density at radius 2 is 1.67 bits per heavy atom. The Hall–Kier alpha value is -2.62. The molecule has 1 atom stereocenters. The van der Waals surface area contributed by atoms with Crippen molar-refractivity contribution in [1.29, 1.82) is 0 Å². The highest BCUT2D eigenvalue weighted by Crippen LogP contribution is 2.23. The summed E-state index contributed by atoms with van der Waals surface area (Å²) in [5.41, 5.74) is 4.76. The van der Waals surface area contributed by atoms with Crippen molar-refractivity contribution in [3.05, 3.63) is 70.8 Å². The predicted molar refractivity (Wildman–Crippen MR) is 137 cm³/mol. The molecule has 0 aliphatic heterocycles. The Bertz CT molecular complexity index is 897. The molecule has 0 spiro atoms.